The number of benzene rings is 2. The molecule has 11 heteroatoms. The zero-order chi connectivity index (χ0) is 27.0. The van der Waals surface area contributed by atoms with E-state index in [0.29, 0.717) is 33.8 Å². The van der Waals surface area contributed by atoms with Crippen molar-refractivity contribution in [2.75, 3.05) is 11.5 Å². The second-order valence-electron chi connectivity index (χ2n) is 9.06. The highest BCUT2D eigenvalue weighted by Gasteiger charge is 2.48. The van der Waals surface area contributed by atoms with Gasteiger partial charge in [0, 0.05) is 23.9 Å². The van der Waals surface area contributed by atoms with Crippen LogP contribution in [0.15, 0.2) is 72.4 Å². The number of rotatable bonds is 7. The molecule has 2 aromatic heterocycles. The minimum absolute atomic E-state index is 0.115. The summed E-state index contributed by atoms with van der Waals surface area (Å²) in [7, 11) is 0. The number of nitro groups is 1. The Hall–Kier alpha value is -4.64. The molecule has 4 aromatic rings. The number of carbonyl (C=O) groups is 2. The van der Waals surface area contributed by atoms with Crippen LogP contribution in [-0.4, -0.2) is 38.3 Å². The van der Waals surface area contributed by atoms with Crippen LogP contribution in [0.25, 0.3) is 16.0 Å². The number of thiazole rings is 1. The molecule has 192 valence electrons. The van der Waals surface area contributed by atoms with Gasteiger partial charge in [-0.2, -0.15) is 0 Å². The lowest BCUT2D eigenvalue weighted by molar-refractivity contribution is -0.384. The van der Waals surface area contributed by atoms with Crippen LogP contribution in [0.2, 0.25) is 0 Å². The van der Waals surface area contributed by atoms with E-state index in [1.54, 1.807) is 42.5 Å². The number of non-ortho nitro benzene ring substituents is 1. The number of hydrogen-bond donors (Lipinski definition) is 1. The molecule has 10 nitrogen and oxygen atoms in total. The first kappa shape index (κ1) is 25.0. The zero-order valence-corrected chi connectivity index (χ0v) is 21.2. The van der Waals surface area contributed by atoms with Crippen molar-refractivity contribution in [2.45, 2.75) is 19.9 Å². The van der Waals surface area contributed by atoms with Crippen LogP contribution in [0, 0.1) is 16.0 Å². The molecule has 1 aliphatic rings. The smallest absolute Gasteiger partial charge is 0.301 e. The number of fused-ring (bicyclic) bond motifs is 1. The van der Waals surface area contributed by atoms with Crippen molar-refractivity contribution in [1.82, 2.24) is 9.97 Å². The molecule has 5 rings (SSSR count). The fourth-order valence-corrected chi connectivity index (χ4v) is 5.14. The Bertz CT molecular complexity index is 1600. The van der Waals surface area contributed by atoms with E-state index >= 15 is 0 Å². The standard InChI is InChI=1S/C27H22N4O6S/c1-15(2)14-37-18-7-5-6-16(12-18)24(32)22-23(20-8-3-4-11-28-20)30(26(34)25(22)33)27-29-19-10-9-17(31(35)36)13-21(19)38-27/h3-13,15,23,32H,14H2,1-2H3/b24-22+. The number of anilines is 1. The molecule has 38 heavy (non-hydrogen) atoms. The molecular formula is C27H22N4O6S. The number of pyridine rings is 1. The third-order valence-corrected chi connectivity index (χ3v) is 6.90. The van der Waals surface area contributed by atoms with Crippen LogP contribution >= 0.6 is 11.3 Å². The van der Waals surface area contributed by atoms with Gasteiger partial charge in [0.05, 0.1) is 33.0 Å². The van der Waals surface area contributed by atoms with Crippen molar-refractivity contribution in [2.24, 2.45) is 5.92 Å². The third kappa shape index (κ3) is 4.59. The minimum Gasteiger partial charge on any atom is -0.507 e. The van der Waals surface area contributed by atoms with E-state index in [0.717, 1.165) is 11.3 Å². The van der Waals surface area contributed by atoms with Crippen LogP contribution in [0.1, 0.15) is 31.1 Å². The summed E-state index contributed by atoms with van der Waals surface area (Å²) in [4.78, 5) is 47.5. The first-order valence-electron chi connectivity index (χ1n) is 11.7. The molecule has 0 radical (unpaired) electrons. The van der Waals surface area contributed by atoms with Crippen molar-refractivity contribution >= 4 is 49.8 Å². The summed E-state index contributed by atoms with van der Waals surface area (Å²) in [5.74, 6) is -1.34. The molecule has 1 fully saturated rings. The third-order valence-electron chi connectivity index (χ3n) is 5.88. The highest BCUT2D eigenvalue weighted by atomic mass is 32.1. The predicted octanol–water partition coefficient (Wildman–Crippen LogP) is 5.26. The predicted molar refractivity (Wildman–Crippen MR) is 142 cm³/mol. The van der Waals surface area contributed by atoms with E-state index in [1.807, 2.05) is 13.8 Å². The Morgan fingerprint density at radius 2 is 1.97 bits per heavy atom. The first-order valence-corrected chi connectivity index (χ1v) is 12.6. The van der Waals surface area contributed by atoms with Crippen molar-refractivity contribution in [3.63, 3.8) is 0 Å². The lowest BCUT2D eigenvalue weighted by Gasteiger charge is -2.22. The summed E-state index contributed by atoms with van der Waals surface area (Å²) in [6.45, 7) is 4.50. The van der Waals surface area contributed by atoms with E-state index in [2.05, 4.69) is 9.97 Å². The molecule has 1 amide bonds. The number of ketones is 1. The Morgan fingerprint density at radius 1 is 1.16 bits per heavy atom. The molecule has 0 aliphatic carbocycles. The second kappa shape index (κ2) is 10.0. The summed E-state index contributed by atoms with van der Waals surface area (Å²) < 4.78 is 6.24. The molecule has 1 unspecified atom stereocenters. The van der Waals surface area contributed by atoms with Gasteiger partial charge in [-0.3, -0.25) is 29.6 Å². The number of amides is 1. The molecule has 1 N–H and O–H groups in total. The van der Waals surface area contributed by atoms with Crippen molar-refractivity contribution in [3.05, 3.63) is 93.8 Å². The largest absolute Gasteiger partial charge is 0.507 e. The molecule has 0 saturated carbocycles. The summed E-state index contributed by atoms with van der Waals surface area (Å²) >= 11 is 1.04. The van der Waals surface area contributed by atoms with Gasteiger partial charge in [0.15, 0.2) is 5.13 Å². The van der Waals surface area contributed by atoms with E-state index in [-0.39, 0.29) is 28.1 Å². The average molecular weight is 531 g/mol. The van der Waals surface area contributed by atoms with Gasteiger partial charge in [-0.15, -0.1) is 0 Å². The van der Waals surface area contributed by atoms with Crippen LogP contribution in [0.4, 0.5) is 10.8 Å². The Morgan fingerprint density at radius 3 is 2.68 bits per heavy atom. The van der Waals surface area contributed by atoms with Gasteiger partial charge in [0.25, 0.3) is 11.5 Å². The Kier molecular flexibility index (Phi) is 6.60. The summed E-state index contributed by atoms with van der Waals surface area (Å²) in [5.41, 5.74) is 0.846. The SMILES string of the molecule is CC(C)COc1cccc(/C(O)=C2\C(=O)C(=O)N(c3nc4ccc([N+](=O)[O-])cc4s3)C2c2ccccn2)c1. The van der Waals surface area contributed by atoms with Gasteiger partial charge in [-0.1, -0.05) is 43.4 Å². The fourth-order valence-electron chi connectivity index (χ4n) is 4.12. The molecule has 1 aliphatic heterocycles. The molecule has 0 spiro atoms. The zero-order valence-electron chi connectivity index (χ0n) is 20.4. The molecule has 0 bridgehead atoms. The Labute approximate surface area is 221 Å². The first-order chi connectivity index (χ1) is 18.2. The van der Waals surface area contributed by atoms with E-state index in [1.165, 1.54) is 29.3 Å². The van der Waals surface area contributed by atoms with Crippen LogP contribution in [0.5, 0.6) is 5.75 Å². The van der Waals surface area contributed by atoms with E-state index in [9.17, 15) is 24.8 Å². The van der Waals surface area contributed by atoms with Gasteiger partial charge < -0.3 is 9.84 Å². The van der Waals surface area contributed by atoms with Gasteiger partial charge >= 0.3 is 5.91 Å². The number of hydrogen-bond acceptors (Lipinski definition) is 9. The number of aliphatic hydroxyl groups is 1. The Balaban J connectivity index is 1.64. The number of nitrogens with zero attached hydrogens (tertiary/aromatic N) is 4. The molecule has 1 saturated heterocycles. The van der Waals surface area contributed by atoms with Gasteiger partial charge in [0.1, 0.15) is 17.6 Å². The summed E-state index contributed by atoms with van der Waals surface area (Å²) in [6, 6.07) is 14.8. The number of carbonyl (C=O) groups excluding carboxylic acids is 2. The molecule has 1 atom stereocenters. The van der Waals surface area contributed by atoms with Gasteiger partial charge in [-0.05, 0) is 36.2 Å². The van der Waals surface area contributed by atoms with Crippen LogP contribution in [-0.2, 0) is 9.59 Å². The highest BCUT2D eigenvalue weighted by Crippen LogP contribution is 2.44. The monoisotopic (exact) mass is 530 g/mol. The average Bonchev–Trinajstić information content (AvgIpc) is 3.45. The maximum atomic E-state index is 13.4. The number of nitro benzene ring substituents is 1. The summed E-state index contributed by atoms with van der Waals surface area (Å²) in [6.07, 6.45) is 1.53. The topological polar surface area (TPSA) is 136 Å². The number of aliphatic hydroxyl groups excluding tert-OH is 1. The van der Waals surface area contributed by atoms with Crippen molar-refractivity contribution in [1.29, 1.82) is 0 Å². The van der Waals surface area contributed by atoms with Gasteiger partial charge in [0.2, 0.25) is 0 Å². The maximum absolute atomic E-state index is 13.4. The van der Waals surface area contributed by atoms with Crippen LogP contribution in [0.3, 0.4) is 0 Å². The molecule has 3 heterocycles. The second-order valence-corrected chi connectivity index (χ2v) is 10.1. The van der Waals surface area contributed by atoms with Gasteiger partial charge in [-0.25, -0.2) is 4.98 Å². The van der Waals surface area contributed by atoms with E-state index < -0.39 is 22.7 Å². The maximum Gasteiger partial charge on any atom is 0.301 e. The van der Waals surface area contributed by atoms with Crippen molar-refractivity contribution < 1.29 is 24.4 Å². The van der Waals surface area contributed by atoms with Crippen LogP contribution < -0.4 is 9.64 Å². The normalized spacial score (nSPS) is 16.9. The quantitative estimate of drug-likeness (QED) is 0.112. The summed E-state index contributed by atoms with van der Waals surface area (Å²) in [5, 5.41) is 22.7. The number of ether oxygens (including phenoxy) is 1. The molecular weight excluding hydrogens is 508 g/mol. The fraction of sp³-hybridized carbons (Fsp3) is 0.185. The lowest BCUT2D eigenvalue weighted by atomic mass is 9.98. The number of aromatic nitrogens is 2. The lowest BCUT2D eigenvalue weighted by Crippen LogP contribution is -2.29. The number of Topliss-reactive ketones (excluding diaryl/α,β-unsaturated/α-hetero) is 1. The van der Waals surface area contributed by atoms with Crippen molar-refractivity contribution in [3.8, 4) is 5.75 Å². The molecule has 2 aromatic carbocycles. The minimum atomic E-state index is -1.06. The van der Waals surface area contributed by atoms with E-state index in [4.69, 9.17) is 4.74 Å². The highest BCUT2D eigenvalue weighted by molar-refractivity contribution is 7.22.